The normalized spacial score (nSPS) is 12.7. The maximum atomic E-state index is 14.1. The second-order valence-corrected chi connectivity index (χ2v) is 8.71. The first-order valence-corrected chi connectivity index (χ1v) is 11.3. The van der Waals surface area contributed by atoms with Crippen molar-refractivity contribution in [2.45, 2.75) is 23.4 Å². The van der Waals surface area contributed by atoms with E-state index in [2.05, 4.69) is 11.3 Å². The molecular formula is C24H22F3NO3S. The molecule has 3 aromatic rings. The van der Waals surface area contributed by atoms with Gasteiger partial charge in [-0.3, -0.25) is 4.72 Å². The van der Waals surface area contributed by atoms with E-state index in [0.29, 0.717) is 5.75 Å². The second kappa shape index (κ2) is 9.91. The van der Waals surface area contributed by atoms with Gasteiger partial charge in [0.2, 0.25) is 0 Å². The Hall–Kier alpha value is -3.26. The maximum Gasteiger partial charge on any atom is 0.418 e. The lowest BCUT2D eigenvalue weighted by molar-refractivity contribution is -0.137. The topological polar surface area (TPSA) is 55.4 Å². The lowest BCUT2D eigenvalue weighted by atomic mass is 9.91. The number of anilines is 1. The predicted molar refractivity (Wildman–Crippen MR) is 118 cm³/mol. The molecule has 0 aromatic heterocycles. The van der Waals surface area contributed by atoms with Gasteiger partial charge < -0.3 is 4.74 Å². The fraction of sp³-hybridized carbons (Fsp3) is 0.167. The second-order valence-electron chi connectivity index (χ2n) is 7.03. The molecule has 1 N–H and O–H groups in total. The smallest absolute Gasteiger partial charge is 0.418 e. The van der Waals surface area contributed by atoms with Gasteiger partial charge in [0.15, 0.2) is 0 Å². The van der Waals surface area contributed by atoms with Crippen LogP contribution in [-0.2, 0) is 16.2 Å². The highest BCUT2D eigenvalue weighted by Gasteiger charge is 2.39. The molecule has 0 radical (unpaired) electrons. The molecule has 32 heavy (non-hydrogen) atoms. The standard InChI is InChI=1S/C24H22F3NO3S/c1-2-10-18(17-31-19-11-5-3-6-12-19)21-15-9-16-22(23(21)24(25,26)27)28-32(29,30)20-13-7-4-8-14-20/h2-9,11-16,18,28H,1,10,17H2. The highest BCUT2D eigenvalue weighted by molar-refractivity contribution is 7.92. The molecule has 0 heterocycles. The van der Waals surface area contributed by atoms with Crippen molar-refractivity contribution in [3.8, 4) is 5.75 Å². The van der Waals surface area contributed by atoms with Gasteiger partial charge in [0, 0.05) is 5.92 Å². The number of nitrogens with one attached hydrogen (secondary N) is 1. The molecular weight excluding hydrogens is 439 g/mol. The largest absolute Gasteiger partial charge is 0.493 e. The highest BCUT2D eigenvalue weighted by Crippen LogP contribution is 2.42. The van der Waals surface area contributed by atoms with Crippen molar-refractivity contribution < 1.29 is 26.3 Å². The van der Waals surface area contributed by atoms with Crippen molar-refractivity contribution in [2.75, 3.05) is 11.3 Å². The molecule has 0 aliphatic carbocycles. The molecule has 4 nitrogen and oxygen atoms in total. The Kier molecular flexibility index (Phi) is 7.25. The van der Waals surface area contributed by atoms with Crippen molar-refractivity contribution in [3.63, 3.8) is 0 Å². The minimum atomic E-state index is -4.79. The van der Waals surface area contributed by atoms with Gasteiger partial charge in [-0.15, -0.1) is 6.58 Å². The molecule has 0 spiro atoms. The Morgan fingerprint density at radius 2 is 1.56 bits per heavy atom. The number of para-hydroxylation sites is 1. The van der Waals surface area contributed by atoms with Crippen molar-refractivity contribution >= 4 is 15.7 Å². The van der Waals surface area contributed by atoms with Crippen LogP contribution in [-0.4, -0.2) is 15.0 Å². The molecule has 0 bridgehead atoms. The SMILES string of the molecule is C=CCC(COc1ccccc1)c1cccc(NS(=O)(=O)c2ccccc2)c1C(F)(F)F. The van der Waals surface area contributed by atoms with Gasteiger partial charge in [-0.2, -0.15) is 13.2 Å². The van der Waals surface area contributed by atoms with Crippen molar-refractivity contribution in [2.24, 2.45) is 0 Å². The number of allylic oxidation sites excluding steroid dienone is 1. The molecule has 1 atom stereocenters. The van der Waals surface area contributed by atoms with E-state index in [4.69, 9.17) is 4.74 Å². The third-order valence-electron chi connectivity index (χ3n) is 4.76. The third kappa shape index (κ3) is 5.70. The minimum Gasteiger partial charge on any atom is -0.493 e. The first-order valence-electron chi connectivity index (χ1n) is 9.79. The lowest BCUT2D eigenvalue weighted by Gasteiger charge is -2.24. The summed E-state index contributed by atoms with van der Waals surface area (Å²) in [4.78, 5) is -0.131. The van der Waals surface area contributed by atoms with Crippen LogP contribution in [0.2, 0.25) is 0 Å². The van der Waals surface area contributed by atoms with Crippen LogP contribution in [0.1, 0.15) is 23.5 Å². The summed E-state index contributed by atoms with van der Waals surface area (Å²) in [6, 6.07) is 19.8. The van der Waals surface area contributed by atoms with Gasteiger partial charge in [0.1, 0.15) is 5.75 Å². The van der Waals surface area contributed by atoms with Gasteiger partial charge in [0.05, 0.1) is 22.8 Å². The number of rotatable bonds is 9. The van der Waals surface area contributed by atoms with E-state index in [-0.39, 0.29) is 23.5 Å². The van der Waals surface area contributed by atoms with Gasteiger partial charge in [-0.1, -0.05) is 54.6 Å². The van der Waals surface area contributed by atoms with Crippen LogP contribution in [0.4, 0.5) is 18.9 Å². The van der Waals surface area contributed by atoms with E-state index in [1.54, 1.807) is 36.4 Å². The van der Waals surface area contributed by atoms with E-state index in [9.17, 15) is 21.6 Å². The summed E-state index contributed by atoms with van der Waals surface area (Å²) in [5, 5.41) is 0. The quantitative estimate of drug-likeness (QED) is 0.384. The number of benzene rings is 3. The van der Waals surface area contributed by atoms with E-state index in [1.165, 1.54) is 42.5 Å². The molecule has 0 saturated heterocycles. The predicted octanol–water partition coefficient (Wildman–Crippen LogP) is 6.24. The molecule has 8 heteroatoms. The summed E-state index contributed by atoms with van der Waals surface area (Å²) in [5.41, 5.74) is -1.64. The molecule has 3 rings (SSSR count). The third-order valence-corrected chi connectivity index (χ3v) is 6.14. The zero-order chi connectivity index (χ0) is 23.2. The summed E-state index contributed by atoms with van der Waals surface area (Å²) in [7, 11) is -4.21. The Balaban J connectivity index is 2.00. The fourth-order valence-corrected chi connectivity index (χ4v) is 4.41. The Labute approximate surface area is 185 Å². The van der Waals surface area contributed by atoms with E-state index >= 15 is 0 Å². The number of sulfonamides is 1. The van der Waals surface area contributed by atoms with Crippen LogP contribution in [0.25, 0.3) is 0 Å². The zero-order valence-electron chi connectivity index (χ0n) is 17.0. The highest BCUT2D eigenvalue weighted by atomic mass is 32.2. The van der Waals surface area contributed by atoms with Gasteiger partial charge in [0.25, 0.3) is 10.0 Å². The van der Waals surface area contributed by atoms with E-state index in [0.717, 1.165) is 6.07 Å². The molecule has 168 valence electrons. The van der Waals surface area contributed by atoms with Crippen molar-refractivity contribution in [1.29, 1.82) is 0 Å². The molecule has 0 aliphatic rings. The summed E-state index contributed by atoms with van der Waals surface area (Å²) >= 11 is 0. The first-order chi connectivity index (χ1) is 15.2. The molecule has 0 fully saturated rings. The van der Waals surface area contributed by atoms with Crippen LogP contribution in [0.5, 0.6) is 5.75 Å². The Morgan fingerprint density at radius 3 is 2.16 bits per heavy atom. The maximum absolute atomic E-state index is 14.1. The number of halogens is 3. The van der Waals surface area contributed by atoms with Crippen molar-refractivity contribution in [1.82, 2.24) is 0 Å². The summed E-state index contributed by atoms with van der Waals surface area (Å²) in [5.74, 6) is -0.165. The summed E-state index contributed by atoms with van der Waals surface area (Å²) in [6.07, 6.45) is -3.07. The summed E-state index contributed by atoms with van der Waals surface area (Å²) in [6.45, 7) is 3.61. The fourth-order valence-electron chi connectivity index (χ4n) is 3.31. The Bertz CT molecular complexity index is 1150. The van der Waals surface area contributed by atoms with Crippen LogP contribution in [0.15, 0.2) is 96.4 Å². The average molecular weight is 462 g/mol. The molecule has 1 unspecified atom stereocenters. The minimum absolute atomic E-state index is 0.0337. The van der Waals surface area contributed by atoms with Gasteiger partial charge in [-0.25, -0.2) is 8.42 Å². The number of hydrogen-bond donors (Lipinski definition) is 1. The monoisotopic (exact) mass is 461 g/mol. The average Bonchev–Trinajstić information content (AvgIpc) is 2.77. The molecule has 0 saturated carbocycles. The first kappa shape index (κ1) is 23.4. The van der Waals surface area contributed by atoms with Crippen LogP contribution >= 0.6 is 0 Å². The van der Waals surface area contributed by atoms with E-state index in [1.807, 2.05) is 0 Å². The number of alkyl halides is 3. The number of hydrogen-bond acceptors (Lipinski definition) is 3. The lowest BCUT2D eigenvalue weighted by Crippen LogP contribution is -2.21. The number of ether oxygens (including phenoxy) is 1. The Morgan fingerprint density at radius 1 is 0.938 bits per heavy atom. The van der Waals surface area contributed by atoms with Crippen LogP contribution in [0.3, 0.4) is 0 Å². The van der Waals surface area contributed by atoms with Crippen molar-refractivity contribution in [3.05, 3.63) is 103 Å². The van der Waals surface area contributed by atoms with Gasteiger partial charge >= 0.3 is 6.18 Å². The summed E-state index contributed by atoms with van der Waals surface area (Å²) < 4.78 is 75.6. The zero-order valence-corrected chi connectivity index (χ0v) is 17.9. The molecule has 3 aromatic carbocycles. The van der Waals surface area contributed by atoms with Crippen LogP contribution < -0.4 is 9.46 Å². The van der Waals surface area contributed by atoms with Crippen LogP contribution in [0, 0.1) is 0 Å². The van der Waals surface area contributed by atoms with Gasteiger partial charge in [-0.05, 0) is 42.3 Å². The molecule has 0 aliphatic heterocycles. The molecule has 0 amide bonds. The van der Waals surface area contributed by atoms with E-state index < -0.39 is 33.4 Å².